The van der Waals surface area contributed by atoms with E-state index in [1.54, 1.807) is 0 Å². The Balaban J connectivity index is 1.47. The van der Waals surface area contributed by atoms with Gasteiger partial charge in [-0.2, -0.15) is 0 Å². The van der Waals surface area contributed by atoms with Gasteiger partial charge >= 0.3 is 5.97 Å². The highest BCUT2D eigenvalue weighted by molar-refractivity contribution is 5.95. The maximum Gasteiger partial charge on any atom is 0.309 e. The van der Waals surface area contributed by atoms with Crippen LogP contribution in [0.25, 0.3) is 10.9 Å². The van der Waals surface area contributed by atoms with Crippen molar-refractivity contribution in [3.05, 3.63) is 77.0 Å². The number of fused-ring (bicyclic) bond motifs is 1. The Kier molecular flexibility index (Phi) is 6.24. The number of rotatable bonds is 6. The van der Waals surface area contributed by atoms with E-state index in [-0.39, 0.29) is 11.9 Å². The minimum absolute atomic E-state index is 0.233. The molecule has 1 aromatic heterocycles. The summed E-state index contributed by atoms with van der Waals surface area (Å²) in [5.74, 6) is -1.69. The molecule has 1 aliphatic heterocycles. The predicted octanol–water partition coefficient (Wildman–Crippen LogP) is 3.66. The largest absolute Gasteiger partial charge is 0.481 e. The Morgan fingerprint density at radius 2 is 1.84 bits per heavy atom. The first-order chi connectivity index (χ1) is 15.3. The van der Waals surface area contributed by atoms with Gasteiger partial charge in [0.05, 0.1) is 17.5 Å². The summed E-state index contributed by atoms with van der Waals surface area (Å²) < 4.78 is 0. The van der Waals surface area contributed by atoms with E-state index in [1.807, 2.05) is 63.2 Å². The summed E-state index contributed by atoms with van der Waals surface area (Å²) in [5, 5.41) is 13.6. The molecule has 1 saturated heterocycles. The maximum atomic E-state index is 12.8. The first kappa shape index (κ1) is 22.0. The van der Waals surface area contributed by atoms with Crippen LogP contribution in [-0.2, 0) is 11.2 Å². The molecule has 2 aromatic carbocycles. The number of nitrogens with one attached hydrogen (secondary N) is 1. The average molecular weight is 432 g/mol. The SMILES string of the molecule is Cc1cc(Cc2ccc(C(=O)N[C@@H]3CN(C(C)C)C[C@@H]3C(=O)O)cc2)c2ccccc2n1. The molecule has 1 amide bonds. The summed E-state index contributed by atoms with van der Waals surface area (Å²) in [6.07, 6.45) is 0.749. The van der Waals surface area contributed by atoms with E-state index in [0.29, 0.717) is 18.7 Å². The minimum Gasteiger partial charge on any atom is -0.481 e. The van der Waals surface area contributed by atoms with Crippen LogP contribution in [0.4, 0.5) is 0 Å². The van der Waals surface area contributed by atoms with Crippen LogP contribution >= 0.6 is 0 Å². The molecule has 2 heterocycles. The molecule has 6 nitrogen and oxygen atoms in total. The quantitative estimate of drug-likeness (QED) is 0.623. The number of carboxylic acid groups (broad SMARTS) is 1. The molecule has 32 heavy (non-hydrogen) atoms. The monoisotopic (exact) mass is 431 g/mol. The van der Waals surface area contributed by atoms with Crippen molar-refractivity contribution in [2.45, 2.75) is 39.3 Å². The van der Waals surface area contributed by atoms with Gasteiger partial charge in [0.1, 0.15) is 0 Å². The van der Waals surface area contributed by atoms with Gasteiger partial charge in [0.25, 0.3) is 5.91 Å². The number of aryl methyl sites for hydroxylation is 1. The van der Waals surface area contributed by atoms with Crippen molar-refractivity contribution >= 4 is 22.8 Å². The molecular formula is C26H29N3O3. The van der Waals surface area contributed by atoms with Crippen LogP contribution in [0.5, 0.6) is 0 Å². The Hall–Kier alpha value is -3.25. The molecular weight excluding hydrogens is 402 g/mol. The molecule has 2 N–H and O–H groups in total. The Labute approximate surface area is 188 Å². The van der Waals surface area contributed by atoms with Crippen LogP contribution in [0, 0.1) is 12.8 Å². The number of hydrogen-bond donors (Lipinski definition) is 2. The van der Waals surface area contributed by atoms with E-state index in [9.17, 15) is 14.7 Å². The van der Waals surface area contributed by atoms with Crippen LogP contribution < -0.4 is 5.32 Å². The van der Waals surface area contributed by atoms with Gasteiger partial charge in [-0.1, -0.05) is 30.3 Å². The lowest BCUT2D eigenvalue weighted by molar-refractivity contribution is -0.141. The van der Waals surface area contributed by atoms with E-state index >= 15 is 0 Å². The van der Waals surface area contributed by atoms with Crippen LogP contribution in [0.1, 0.15) is 41.0 Å². The fraction of sp³-hybridized carbons (Fsp3) is 0.346. The topological polar surface area (TPSA) is 82.5 Å². The van der Waals surface area contributed by atoms with Gasteiger partial charge in [-0.25, -0.2) is 0 Å². The van der Waals surface area contributed by atoms with E-state index in [4.69, 9.17) is 0 Å². The number of carboxylic acids is 1. The molecule has 0 saturated carbocycles. The van der Waals surface area contributed by atoms with Crippen molar-refractivity contribution in [3.63, 3.8) is 0 Å². The lowest BCUT2D eigenvalue weighted by Gasteiger charge is -2.20. The number of amides is 1. The lowest BCUT2D eigenvalue weighted by Crippen LogP contribution is -2.43. The second-order valence-electron chi connectivity index (χ2n) is 8.89. The molecule has 0 radical (unpaired) electrons. The van der Waals surface area contributed by atoms with Crippen LogP contribution in [0.2, 0.25) is 0 Å². The molecule has 0 spiro atoms. The predicted molar refractivity (Wildman–Crippen MR) is 125 cm³/mol. The van der Waals surface area contributed by atoms with Crippen molar-refractivity contribution in [2.24, 2.45) is 5.92 Å². The number of likely N-dealkylation sites (tertiary alicyclic amines) is 1. The number of nitrogens with zero attached hydrogens (tertiary/aromatic N) is 2. The Morgan fingerprint density at radius 1 is 1.12 bits per heavy atom. The van der Waals surface area contributed by atoms with Crippen molar-refractivity contribution in [1.82, 2.24) is 15.2 Å². The van der Waals surface area contributed by atoms with Crippen molar-refractivity contribution < 1.29 is 14.7 Å². The summed E-state index contributed by atoms with van der Waals surface area (Å²) in [6, 6.07) is 17.6. The van der Waals surface area contributed by atoms with Gasteiger partial charge in [0, 0.05) is 35.8 Å². The number of benzene rings is 2. The van der Waals surface area contributed by atoms with E-state index in [0.717, 1.165) is 28.6 Å². The van der Waals surface area contributed by atoms with Crippen LogP contribution in [-0.4, -0.2) is 52.0 Å². The van der Waals surface area contributed by atoms with E-state index in [2.05, 4.69) is 27.3 Å². The standard InChI is InChI=1S/C26H29N3O3/c1-16(2)29-14-22(26(31)32)24(15-29)28-25(30)19-10-8-18(9-11-19)13-20-12-17(3)27-23-7-5-4-6-21(20)23/h4-12,16,22,24H,13-15H2,1-3H3,(H,28,30)(H,31,32)/t22-,24+/m0/s1. The molecule has 1 aliphatic rings. The third kappa shape index (κ3) is 4.65. The van der Waals surface area contributed by atoms with Crippen LogP contribution in [0.15, 0.2) is 54.6 Å². The summed E-state index contributed by atoms with van der Waals surface area (Å²) >= 11 is 0. The zero-order valence-corrected chi connectivity index (χ0v) is 18.7. The number of aromatic nitrogens is 1. The molecule has 3 aromatic rings. The molecule has 2 atom stereocenters. The third-order valence-corrected chi connectivity index (χ3v) is 6.25. The van der Waals surface area contributed by atoms with Gasteiger partial charge in [-0.05, 0) is 62.6 Å². The van der Waals surface area contributed by atoms with Crippen molar-refractivity contribution in [3.8, 4) is 0 Å². The third-order valence-electron chi connectivity index (χ3n) is 6.25. The van der Waals surface area contributed by atoms with Crippen LogP contribution in [0.3, 0.4) is 0 Å². The second kappa shape index (κ2) is 9.09. The molecule has 0 bridgehead atoms. The molecule has 166 valence electrons. The number of pyridine rings is 1. The fourth-order valence-corrected chi connectivity index (χ4v) is 4.44. The summed E-state index contributed by atoms with van der Waals surface area (Å²) in [6.45, 7) is 7.07. The fourth-order valence-electron chi connectivity index (χ4n) is 4.44. The molecule has 0 unspecified atom stereocenters. The number of para-hydroxylation sites is 1. The molecule has 0 aliphatic carbocycles. The van der Waals surface area contributed by atoms with E-state index < -0.39 is 17.9 Å². The molecule has 4 rings (SSSR count). The van der Waals surface area contributed by atoms with Gasteiger partial charge in [-0.3, -0.25) is 19.5 Å². The molecule has 6 heteroatoms. The zero-order valence-electron chi connectivity index (χ0n) is 18.7. The minimum atomic E-state index is -0.867. The summed E-state index contributed by atoms with van der Waals surface area (Å²) in [7, 11) is 0. The van der Waals surface area contributed by atoms with Gasteiger partial charge in [0.2, 0.25) is 0 Å². The molecule has 1 fully saturated rings. The van der Waals surface area contributed by atoms with Crippen molar-refractivity contribution in [2.75, 3.05) is 13.1 Å². The first-order valence-electron chi connectivity index (χ1n) is 11.0. The highest BCUT2D eigenvalue weighted by Gasteiger charge is 2.39. The van der Waals surface area contributed by atoms with E-state index in [1.165, 1.54) is 5.56 Å². The maximum absolute atomic E-state index is 12.8. The highest BCUT2D eigenvalue weighted by Crippen LogP contribution is 2.22. The zero-order chi connectivity index (χ0) is 22.8. The summed E-state index contributed by atoms with van der Waals surface area (Å²) in [5.41, 5.74) is 4.81. The normalized spacial score (nSPS) is 18.9. The smallest absolute Gasteiger partial charge is 0.309 e. The number of hydrogen-bond acceptors (Lipinski definition) is 4. The first-order valence-corrected chi connectivity index (χ1v) is 11.0. The number of carbonyl (C=O) groups excluding carboxylic acids is 1. The van der Waals surface area contributed by atoms with Gasteiger partial charge in [-0.15, -0.1) is 0 Å². The Bertz CT molecular complexity index is 1140. The lowest BCUT2D eigenvalue weighted by atomic mass is 9.99. The highest BCUT2D eigenvalue weighted by atomic mass is 16.4. The number of aliphatic carboxylic acids is 1. The van der Waals surface area contributed by atoms with Gasteiger partial charge in [0.15, 0.2) is 0 Å². The van der Waals surface area contributed by atoms with Crippen molar-refractivity contribution in [1.29, 1.82) is 0 Å². The Morgan fingerprint density at radius 3 is 2.53 bits per heavy atom. The second-order valence-corrected chi connectivity index (χ2v) is 8.89. The number of carbonyl (C=O) groups is 2. The average Bonchev–Trinajstić information content (AvgIpc) is 3.18. The summed E-state index contributed by atoms with van der Waals surface area (Å²) in [4.78, 5) is 31.1. The van der Waals surface area contributed by atoms with Gasteiger partial charge < -0.3 is 10.4 Å².